The smallest absolute Gasteiger partial charge is 0.306 e. The van der Waals surface area contributed by atoms with Crippen LogP contribution in [0.3, 0.4) is 0 Å². The number of rotatable bonds is 25. The molecule has 0 saturated carbocycles. The third-order valence-corrected chi connectivity index (χ3v) is 9.79. The second-order valence-electron chi connectivity index (χ2n) is 12.6. The number of hydrogen-bond donors (Lipinski definition) is 0. The zero-order valence-corrected chi connectivity index (χ0v) is 29.8. The molecule has 0 aliphatic rings. The van der Waals surface area contributed by atoms with E-state index in [4.69, 9.17) is 9.47 Å². The lowest BCUT2D eigenvalue weighted by Crippen LogP contribution is -2.37. The molecule has 256 valence electrons. The molecule has 0 aromatic heterocycles. The van der Waals surface area contributed by atoms with Gasteiger partial charge in [0.15, 0.2) is 5.12 Å². The molecule has 0 unspecified atom stereocenters. The van der Waals surface area contributed by atoms with Crippen LogP contribution < -0.4 is 0 Å². The fourth-order valence-corrected chi connectivity index (χ4v) is 6.88. The van der Waals surface area contributed by atoms with Crippen molar-refractivity contribution in [3.05, 3.63) is 108 Å². The Morgan fingerprint density at radius 1 is 0.574 bits per heavy atom. The highest BCUT2D eigenvalue weighted by atomic mass is 32.2. The molecule has 5 heteroatoms. The molecular weight excluding hydrogens is 601 g/mol. The molecule has 0 spiro atoms. The summed E-state index contributed by atoms with van der Waals surface area (Å²) in [5.74, 6) is 0.170. The van der Waals surface area contributed by atoms with E-state index in [2.05, 4.69) is 50.2 Å². The Morgan fingerprint density at radius 2 is 0.979 bits per heavy atom. The van der Waals surface area contributed by atoms with Crippen LogP contribution in [0.2, 0.25) is 0 Å². The van der Waals surface area contributed by atoms with Crippen LogP contribution in [0.1, 0.15) is 133 Å². The Hall–Kier alpha value is -2.89. The fourth-order valence-electron chi connectivity index (χ4n) is 6.06. The summed E-state index contributed by atoms with van der Waals surface area (Å²) in [7, 11) is 0. The van der Waals surface area contributed by atoms with E-state index in [0.717, 1.165) is 48.8 Å². The SMILES string of the molecule is CCCCCCCCCC(=O)O[C@@H](COC(c1ccccc1)(c1ccccc1)c1ccccc1)CSC(=O)CCCCCCCCC. The summed E-state index contributed by atoms with van der Waals surface area (Å²) in [4.78, 5) is 26.0. The van der Waals surface area contributed by atoms with Crippen molar-refractivity contribution in [1.29, 1.82) is 0 Å². The van der Waals surface area contributed by atoms with Gasteiger partial charge < -0.3 is 9.47 Å². The number of ether oxygens (including phenoxy) is 2. The van der Waals surface area contributed by atoms with Crippen LogP contribution in [0.15, 0.2) is 91.0 Å². The average molecular weight is 659 g/mol. The van der Waals surface area contributed by atoms with Crippen LogP contribution >= 0.6 is 11.8 Å². The highest BCUT2D eigenvalue weighted by Crippen LogP contribution is 2.40. The zero-order valence-electron chi connectivity index (χ0n) is 29.0. The summed E-state index contributed by atoms with van der Waals surface area (Å²) >= 11 is 1.28. The molecule has 0 N–H and O–H groups in total. The van der Waals surface area contributed by atoms with E-state index in [1.165, 1.54) is 69.5 Å². The van der Waals surface area contributed by atoms with Gasteiger partial charge in [-0.2, -0.15) is 0 Å². The molecule has 4 nitrogen and oxygen atoms in total. The summed E-state index contributed by atoms with van der Waals surface area (Å²) in [6, 6.07) is 30.7. The van der Waals surface area contributed by atoms with Crippen molar-refractivity contribution >= 4 is 22.8 Å². The van der Waals surface area contributed by atoms with Crippen molar-refractivity contribution < 1.29 is 19.1 Å². The quantitative estimate of drug-likeness (QED) is 0.0515. The van der Waals surface area contributed by atoms with Crippen LogP contribution in [0.4, 0.5) is 0 Å². The van der Waals surface area contributed by atoms with E-state index < -0.39 is 11.7 Å². The maximum Gasteiger partial charge on any atom is 0.306 e. The molecule has 3 rings (SSSR count). The third kappa shape index (κ3) is 14.0. The van der Waals surface area contributed by atoms with Gasteiger partial charge in [-0.25, -0.2) is 0 Å². The maximum absolute atomic E-state index is 13.1. The van der Waals surface area contributed by atoms with Gasteiger partial charge in [-0.1, -0.05) is 194 Å². The Bertz CT molecular complexity index is 1130. The van der Waals surface area contributed by atoms with Crippen LogP contribution in [-0.2, 0) is 24.7 Å². The molecule has 47 heavy (non-hydrogen) atoms. The zero-order chi connectivity index (χ0) is 33.4. The second kappa shape index (κ2) is 23.4. The topological polar surface area (TPSA) is 52.6 Å². The number of hydrogen-bond acceptors (Lipinski definition) is 5. The van der Waals surface area contributed by atoms with Gasteiger partial charge in [0.1, 0.15) is 11.7 Å². The van der Waals surface area contributed by atoms with Crippen LogP contribution in [0.25, 0.3) is 0 Å². The lowest BCUT2D eigenvalue weighted by Gasteiger charge is -2.37. The predicted molar refractivity (Wildman–Crippen MR) is 198 cm³/mol. The number of unbranched alkanes of at least 4 members (excludes halogenated alkanes) is 12. The number of thioether (sulfide) groups is 1. The van der Waals surface area contributed by atoms with E-state index >= 15 is 0 Å². The molecule has 0 bridgehead atoms. The molecule has 0 heterocycles. The average Bonchev–Trinajstić information content (AvgIpc) is 3.11. The summed E-state index contributed by atoms with van der Waals surface area (Å²) in [5.41, 5.74) is 2.06. The molecule has 3 aromatic rings. The van der Waals surface area contributed by atoms with E-state index in [9.17, 15) is 9.59 Å². The van der Waals surface area contributed by atoms with Crippen molar-refractivity contribution in [3.8, 4) is 0 Å². The summed E-state index contributed by atoms with van der Waals surface area (Å²) < 4.78 is 13.1. The number of esters is 1. The van der Waals surface area contributed by atoms with E-state index in [-0.39, 0.29) is 17.7 Å². The van der Waals surface area contributed by atoms with E-state index in [0.29, 0.717) is 18.6 Å². The minimum Gasteiger partial charge on any atom is -0.459 e. The normalized spacial score (nSPS) is 12.1. The van der Waals surface area contributed by atoms with Crippen molar-refractivity contribution in [2.75, 3.05) is 12.4 Å². The van der Waals surface area contributed by atoms with Crippen molar-refractivity contribution in [2.45, 2.75) is 128 Å². The van der Waals surface area contributed by atoms with Crippen molar-refractivity contribution in [2.24, 2.45) is 0 Å². The molecule has 0 saturated heterocycles. The molecule has 1 atom stereocenters. The molecule has 0 fully saturated rings. The van der Waals surface area contributed by atoms with Crippen molar-refractivity contribution in [3.63, 3.8) is 0 Å². The van der Waals surface area contributed by atoms with Crippen LogP contribution in [0.5, 0.6) is 0 Å². The standard InChI is InChI=1S/C42H58O4S/c1-3-5-7-9-11-13-24-32-40(43)46-39(35-47-41(44)33-25-14-12-10-8-6-4-2)34-45-42(36-26-18-15-19-27-36,37-28-20-16-21-29-37)38-30-22-17-23-31-38/h15-23,26-31,39H,3-14,24-25,32-35H2,1-2H3/t39-/m0/s1. The Balaban J connectivity index is 1.73. The fraction of sp³-hybridized carbons (Fsp3) is 0.524. The number of benzene rings is 3. The first-order valence-electron chi connectivity index (χ1n) is 18.3. The van der Waals surface area contributed by atoms with E-state index in [1.807, 2.05) is 54.6 Å². The number of carbonyl (C=O) groups excluding carboxylic acids is 2. The van der Waals surface area contributed by atoms with Gasteiger partial charge in [-0.3, -0.25) is 9.59 Å². The maximum atomic E-state index is 13.1. The molecular formula is C42H58O4S. The first-order valence-corrected chi connectivity index (χ1v) is 19.2. The number of carbonyl (C=O) groups is 2. The van der Waals surface area contributed by atoms with Gasteiger partial charge in [0.2, 0.25) is 0 Å². The predicted octanol–water partition coefficient (Wildman–Crippen LogP) is 11.4. The molecule has 0 aliphatic heterocycles. The van der Waals surface area contributed by atoms with Crippen LogP contribution in [0, 0.1) is 0 Å². The lowest BCUT2D eigenvalue weighted by molar-refractivity contribution is -0.153. The Morgan fingerprint density at radius 3 is 1.43 bits per heavy atom. The minimum atomic E-state index is -0.917. The highest BCUT2D eigenvalue weighted by molar-refractivity contribution is 8.13. The summed E-state index contributed by atoms with van der Waals surface area (Å²) in [6.45, 7) is 4.62. The molecule has 0 aliphatic carbocycles. The Labute approximate surface area is 289 Å². The monoisotopic (exact) mass is 658 g/mol. The first kappa shape index (κ1) is 38.6. The molecule has 0 radical (unpaired) electrons. The van der Waals surface area contributed by atoms with Gasteiger partial charge in [0.25, 0.3) is 0 Å². The Kier molecular flexibility index (Phi) is 19.2. The van der Waals surface area contributed by atoms with Gasteiger partial charge in [0, 0.05) is 18.6 Å². The largest absolute Gasteiger partial charge is 0.459 e. The van der Waals surface area contributed by atoms with Gasteiger partial charge in [-0.05, 0) is 29.5 Å². The van der Waals surface area contributed by atoms with E-state index in [1.54, 1.807) is 0 Å². The van der Waals surface area contributed by atoms with Gasteiger partial charge in [-0.15, -0.1) is 0 Å². The highest BCUT2D eigenvalue weighted by Gasteiger charge is 2.38. The van der Waals surface area contributed by atoms with Gasteiger partial charge in [0.05, 0.1) is 6.61 Å². The molecule has 0 amide bonds. The minimum absolute atomic E-state index is 0.159. The first-order chi connectivity index (χ1) is 23.1. The second-order valence-corrected chi connectivity index (χ2v) is 13.7. The van der Waals surface area contributed by atoms with Crippen LogP contribution in [-0.4, -0.2) is 29.5 Å². The molecule has 3 aromatic carbocycles. The lowest BCUT2D eigenvalue weighted by atomic mass is 9.80. The summed E-state index contributed by atoms with van der Waals surface area (Å²) in [6.07, 6.45) is 16.6. The third-order valence-electron chi connectivity index (χ3n) is 8.72. The van der Waals surface area contributed by atoms with Gasteiger partial charge >= 0.3 is 5.97 Å². The van der Waals surface area contributed by atoms with Crippen molar-refractivity contribution in [1.82, 2.24) is 0 Å². The summed E-state index contributed by atoms with van der Waals surface area (Å²) in [5, 5.41) is 0.159.